The van der Waals surface area contributed by atoms with Gasteiger partial charge in [0.25, 0.3) is 0 Å². The highest BCUT2D eigenvalue weighted by molar-refractivity contribution is 8.09. The van der Waals surface area contributed by atoms with Gasteiger partial charge in [0.1, 0.15) is 5.75 Å². The summed E-state index contributed by atoms with van der Waals surface area (Å²) in [6, 6.07) is 23.6. The van der Waals surface area contributed by atoms with Gasteiger partial charge in [-0.3, -0.25) is 0 Å². The molecule has 30 heavy (non-hydrogen) atoms. The first-order valence-electron chi connectivity index (χ1n) is 9.76. The minimum absolute atomic E-state index is 0.0424. The van der Waals surface area contributed by atoms with Crippen molar-refractivity contribution in [1.29, 1.82) is 0 Å². The summed E-state index contributed by atoms with van der Waals surface area (Å²) in [5.41, 5.74) is 4.94. The summed E-state index contributed by atoms with van der Waals surface area (Å²) in [6.07, 6.45) is 0. The Kier molecular flexibility index (Phi) is 7.14. The highest BCUT2D eigenvalue weighted by Gasteiger charge is 2.15. The average Bonchev–Trinajstić information content (AvgIpc) is 2.81. The molecule has 1 nitrogen and oxygen atoms in total. The average molecular weight is 469 g/mol. The van der Waals surface area contributed by atoms with E-state index in [0.717, 1.165) is 28.4 Å². The molecule has 0 saturated heterocycles. The summed E-state index contributed by atoms with van der Waals surface area (Å²) in [5, 5.41) is 5.18. The number of fused-ring (bicyclic) bond motifs is 2. The van der Waals surface area contributed by atoms with E-state index in [0.29, 0.717) is 5.75 Å². The first-order chi connectivity index (χ1) is 14.7. The molecule has 154 valence electrons. The van der Waals surface area contributed by atoms with E-state index in [-0.39, 0.29) is 4.58 Å². The molecular weight excluding hydrogens is 445 g/mol. The smallest absolute Gasteiger partial charge is 0.119 e. The molecule has 4 aromatic carbocycles. The number of benzene rings is 4. The maximum atomic E-state index is 5.47. The van der Waals surface area contributed by atoms with Crippen LogP contribution >= 0.6 is 49.6 Å². The Morgan fingerprint density at radius 2 is 1.37 bits per heavy atom. The van der Waals surface area contributed by atoms with Gasteiger partial charge >= 0.3 is 0 Å². The van der Waals surface area contributed by atoms with Gasteiger partial charge in [0.05, 0.1) is 11.7 Å². The fraction of sp³-hybridized carbons (Fsp3) is 0.200. The second-order valence-corrected chi connectivity index (χ2v) is 9.73. The summed E-state index contributed by atoms with van der Waals surface area (Å²) >= 11 is 15.8. The van der Waals surface area contributed by atoms with Gasteiger partial charge in [0, 0.05) is 17.3 Å². The van der Waals surface area contributed by atoms with Gasteiger partial charge in [-0.1, -0.05) is 54.6 Å². The molecule has 0 aliphatic carbocycles. The van der Waals surface area contributed by atoms with Crippen LogP contribution in [0.3, 0.4) is 0 Å². The van der Waals surface area contributed by atoms with Crippen LogP contribution in [-0.2, 0) is 17.3 Å². The maximum absolute atomic E-state index is 5.47. The SMILES string of the molecule is COc1cc(CS)cc(C(S)SCc2c3ccccc3c(CS)c3ccccc23)c1. The van der Waals surface area contributed by atoms with Gasteiger partial charge in [-0.15, -0.1) is 11.8 Å². The van der Waals surface area contributed by atoms with Crippen molar-refractivity contribution in [3.8, 4) is 5.75 Å². The van der Waals surface area contributed by atoms with Crippen LogP contribution in [-0.4, -0.2) is 7.11 Å². The Morgan fingerprint density at radius 3 is 1.87 bits per heavy atom. The lowest BCUT2D eigenvalue weighted by atomic mass is 9.93. The van der Waals surface area contributed by atoms with E-state index < -0.39 is 0 Å². The summed E-state index contributed by atoms with van der Waals surface area (Å²) < 4.78 is 5.51. The van der Waals surface area contributed by atoms with Crippen LogP contribution in [0.25, 0.3) is 21.5 Å². The quantitative estimate of drug-likeness (QED) is 0.145. The number of thiol groups is 3. The van der Waals surface area contributed by atoms with Gasteiger partial charge in [-0.25, -0.2) is 0 Å². The largest absolute Gasteiger partial charge is 0.497 e. The molecule has 1 unspecified atom stereocenters. The Morgan fingerprint density at radius 1 is 0.800 bits per heavy atom. The predicted octanol–water partition coefficient (Wildman–Crippen LogP) is 7.72. The second-order valence-electron chi connectivity index (χ2n) is 7.14. The van der Waals surface area contributed by atoms with Crippen molar-refractivity contribution in [2.45, 2.75) is 21.8 Å². The Hall–Kier alpha value is -1.40. The number of hydrogen-bond acceptors (Lipinski definition) is 5. The number of ether oxygens (including phenoxy) is 1. The molecule has 0 aromatic heterocycles. The lowest BCUT2D eigenvalue weighted by Gasteiger charge is -2.18. The molecule has 4 aromatic rings. The highest BCUT2D eigenvalue weighted by atomic mass is 32.2. The first-order valence-corrected chi connectivity index (χ1v) is 12.6. The normalized spacial score (nSPS) is 12.4. The topological polar surface area (TPSA) is 9.23 Å². The van der Waals surface area contributed by atoms with E-state index >= 15 is 0 Å². The van der Waals surface area contributed by atoms with Gasteiger partial charge in [-0.05, 0) is 55.9 Å². The summed E-state index contributed by atoms with van der Waals surface area (Å²) in [5.74, 6) is 3.12. The Bertz CT molecular complexity index is 1110. The van der Waals surface area contributed by atoms with Crippen molar-refractivity contribution in [2.24, 2.45) is 0 Å². The number of hydrogen-bond donors (Lipinski definition) is 3. The van der Waals surface area contributed by atoms with Gasteiger partial charge < -0.3 is 4.74 Å². The minimum Gasteiger partial charge on any atom is -0.497 e. The molecular formula is C25H24OS4. The van der Waals surface area contributed by atoms with E-state index in [4.69, 9.17) is 17.4 Å². The van der Waals surface area contributed by atoms with Crippen molar-refractivity contribution < 1.29 is 4.74 Å². The van der Waals surface area contributed by atoms with E-state index in [9.17, 15) is 0 Å². The van der Waals surface area contributed by atoms with Crippen molar-refractivity contribution in [3.05, 3.63) is 89.0 Å². The highest BCUT2D eigenvalue weighted by Crippen LogP contribution is 2.41. The molecule has 0 aliphatic heterocycles. The van der Waals surface area contributed by atoms with Crippen LogP contribution in [0.5, 0.6) is 5.75 Å². The van der Waals surface area contributed by atoms with Gasteiger partial charge in [0.15, 0.2) is 0 Å². The summed E-state index contributed by atoms with van der Waals surface area (Å²) in [6.45, 7) is 0. The molecule has 0 heterocycles. The minimum atomic E-state index is 0.0424. The third-order valence-corrected chi connectivity index (χ3v) is 7.86. The van der Waals surface area contributed by atoms with E-state index in [2.05, 4.69) is 85.9 Å². The molecule has 1 atom stereocenters. The van der Waals surface area contributed by atoms with Gasteiger partial charge in [0.2, 0.25) is 0 Å². The molecule has 5 heteroatoms. The Balaban J connectivity index is 1.74. The van der Waals surface area contributed by atoms with Crippen LogP contribution < -0.4 is 4.74 Å². The van der Waals surface area contributed by atoms with E-state index in [1.165, 1.54) is 32.7 Å². The molecule has 0 bridgehead atoms. The lowest BCUT2D eigenvalue weighted by molar-refractivity contribution is 0.414. The van der Waals surface area contributed by atoms with Crippen LogP contribution in [0.1, 0.15) is 26.8 Å². The van der Waals surface area contributed by atoms with E-state index in [1.807, 2.05) is 17.8 Å². The molecule has 0 spiro atoms. The Labute approximate surface area is 198 Å². The standard InChI is InChI=1S/C25H24OS4/c1-26-18-11-16(13-27)10-17(12-18)25(29)30-15-24-21-8-4-2-6-19(21)23(14-28)20-7-3-5-9-22(20)24/h2-12,25,27-29H,13-15H2,1H3. The number of methoxy groups -OCH3 is 1. The number of thioether (sulfide) groups is 1. The molecule has 0 fully saturated rings. The zero-order valence-electron chi connectivity index (χ0n) is 16.7. The van der Waals surface area contributed by atoms with Crippen LogP contribution in [0.15, 0.2) is 66.7 Å². The number of rotatable bonds is 7. The predicted molar refractivity (Wildman–Crippen MR) is 143 cm³/mol. The molecule has 0 radical (unpaired) electrons. The van der Waals surface area contributed by atoms with Crippen LogP contribution in [0.4, 0.5) is 0 Å². The molecule has 0 saturated carbocycles. The molecule has 0 aliphatic rings. The molecule has 4 rings (SSSR count). The summed E-state index contributed by atoms with van der Waals surface area (Å²) in [7, 11) is 1.70. The van der Waals surface area contributed by atoms with Crippen LogP contribution in [0, 0.1) is 0 Å². The fourth-order valence-electron chi connectivity index (χ4n) is 3.93. The van der Waals surface area contributed by atoms with Gasteiger partial charge in [-0.2, -0.15) is 37.9 Å². The van der Waals surface area contributed by atoms with E-state index in [1.54, 1.807) is 7.11 Å². The zero-order valence-corrected chi connectivity index (χ0v) is 20.2. The van der Waals surface area contributed by atoms with Crippen molar-refractivity contribution in [3.63, 3.8) is 0 Å². The summed E-state index contributed by atoms with van der Waals surface area (Å²) in [4.78, 5) is 0. The monoisotopic (exact) mass is 468 g/mol. The molecule has 0 amide bonds. The fourth-order valence-corrected chi connectivity index (χ4v) is 5.79. The third kappa shape index (κ3) is 4.31. The van der Waals surface area contributed by atoms with Crippen LogP contribution in [0.2, 0.25) is 0 Å². The first kappa shape index (κ1) is 21.8. The van der Waals surface area contributed by atoms with Crippen molar-refractivity contribution in [2.75, 3.05) is 7.11 Å². The van der Waals surface area contributed by atoms with Crippen molar-refractivity contribution in [1.82, 2.24) is 0 Å². The van der Waals surface area contributed by atoms with Crippen molar-refractivity contribution >= 4 is 71.2 Å². The second kappa shape index (κ2) is 9.82. The lowest BCUT2D eigenvalue weighted by Crippen LogP contribution is -1.96. The maximum Gasteiger partial charge on any atom is 0.119 e. The third-order valence-electron chi connectivity index (χ3n) is 5.39. The zero-order chi connectivity index (χ0) is 21.1. The molecule has 0 N–H and O–H groups in total.